The minimum atomic E-state index is -1.76. The van der Waals surface area contributed by atoms with Crippen LogP contribution in [0.5, 0.6) is 0 Å². The van der Waals surface area contributed by atoms with Gasteiger partial charge in [0.2, 0.25) is 5.60 Å². The first kappa shape index (κ1) is 24.8. The smallest absolute Gasteiger partial charge is 0.346 e. The summed E-state index contributed by atoms with van der Waals surface area (Å²) in [5.74, 6) is -0.0210. The Bertz CT molecular complexity index is 975. The number of nitrogens with one attached hydrogen (secondary N) is 1. The minimum Gasteiger partial charge on any atom is -1.00 e. The van der Waals surface area contributed by atoms with Gasteiger partial charge >= 0.3 is 5.97 Å². The van der Waals surface area contributed by atoms with Gasteiger partial charge in [0, 0.05) is 37.1 Å². The molecule has 2 bridgehead atoms. The van der Waals surface area contributed by atoms with Crippen molar-refractivity contribution in [2.75, 3.05) is 31.5 Å². The van der Waals surface area contributed by atoms with Gasteiger partial charge in [-0.05, 0) is 25.0 Å². The highest BCUT2D eigenvalue weighted by atomic mass is 79.9. The topological polar surface area (TPSA) is 115 Å². The lowest BCUT2D eigenvalue weighted by atomic mass is 9.81. The van der Waals surface area contributed by atoms with Crippen molar-refractivity contribution in [3.8, 4) is 0 Å². The van der Waals surface area contributed by atoms with Crippen molar-refractivity contribution in [3.05, 3.63) is 42.7 Å². The van der Waals surface area contributed by atoms with Crippen molar-refractivity contribution in [2.45, 2.75) is 50.2 Å². The number of nitrogens with zero attached hydrogens (tertiary/aromatic N) is 3. The highest BCUT2D eigenvalue weighted by molar-refractivity contribution is 5.90. The lowest BCUT2D eigenvalue weighted by Crippen LogP contribution is -3.00. The van der Waals surface area contributed by atoms with Gasteiger partial charge in [0.15, 0.2) is 18.5 Å². The molecule has 3 aliphatic heterocycles. The van der Waals surface area contributed by atoms with E-state index in [4.69, 9.17) is 9.15 Å². The van der Waals surface area contributed by atoms with Crippen LogP contribution in [0.4, 0.5) is 5.82 Å². The number of furan rings is 1. The number of fused-ring (bicyclic) bond motifs is 3. The number of amides is 1. The van der Waals surface area contributed by atoms with E-state index in [2.05, 4.69) is 15.3 Å². The third-order valence-electron chi connectivity index (χ3n) is 7.76. The molecule has 184 valence electrons. The zero-order valence-electron chi connectivity index (χ0n) is 19.1. The molecule has 4 aliphatic rings. The zero-order valence-corrected chi connectivity index (χ0v) is 20.7. The molecule has 0 spiro atoms. The van der Waals surface area contributed by atoms with Gasteiger partial charge < -0.3 is 41.0 Å². The van der Waals surface area contributed by atoms with Gasteiger partial charge in [0.1, 0.15) is 12.3 Å². The number of esters is 1. The van der Waals surface area contributed by atoms with E-state index < -0.39 is 11.6 Å². The van der Waals surface area contributed by atoms with Crippen LogP contribution in [-0.2, 0) is 19.9 Å². The van der Waals surface area contributed by atoms with Crippen LogP contribution in [0.25, 0.3) is 0 Å². The number of ether oxygens (including phenoxy) is 1. The molecule has 0 radical (unpaired) electrons. The van der Waals surface area contributed by atoms with Gasteiger partial charge in [-0.1, -0.05) is 12.8 Å². The number of hydrogen-bond donors (Lipinski definition) is 2. The Kier molecular flexibility index (Phi) is 7.39. The van der Waals surface area contributed by atoms with Crippen LogP contribution >= 0.6 is 0 Å². The summed E-state index contributed by atoms with van der Waals surface area (Å²) in [6.07, 6.45) is 11.0. The number of aromatic nitrogens is 2. The number of hydrogen-bond acceptors (Lipinski definition) is 7. The van der Waals surface area contributed by atoms with E-state index in [9.17, 15) is 14.7 Å². The molecule has 1 amide bonds. The van der Waals surface area contributed by atoms with Crippen LogP contribution in [-0.4, -0.2) is 63.7 Å². The summed E-state index contributed by atoms with van der Waals surface area (Å²) in [6.45, 7) is 2.61. The van der Waals surface area contributed by atoms with Crippen LogP contribution in [0.1, 0.15) is 44.3 Å². The average Bonchev–Trinajstić information content (AvgIpc) is 3.54. The maximum absolute atomic E-state index is 13.4. The van der Waals surface area contributed by atoms with Gasteiger partial charge in [-0.2, -0.15) is 0 Å². The molecule has 2 atom stereocenters. The van der Waals surface area contributed by atoms with Crippen LogP contribution in [0.15, 0.2) is 41.4 Å². The van der Waals surface area contributed by atoms with Crippen molar-refractivity contribution in [3.63, 3.8) is 0 Å². The molecule has 1 aliphatic carbocycles. The molecule has 2 N–H and O–H groups in total. The SMILES string of the molecule is O=C(C[N+]12CCC(CC1)C(OC(=O)[C@](O)(c1ccco1)C1CCCC1)C2)Nc1cnccn1.[Br-]. The van der Waals surface area contributed by atoms with Gasteiger partial charge in [0.25, 0.3) is 5.91 Å². The third-order valence-corrected chi connectivity index (χ3v) is 7.76. The monoisotopic (exact) mass is 534 g/mol. The first-order chi connectivity index (χ1) is 16.0. The van der Waals surface area contributed by atoms with Crippen molar-refractivity contribution < 1.29 is 45.3 Å². The largest absolute Gasteiger partial charge is 1.00 e. The summed E-state index contributed by atoms with van der Waals surface area (Å²) in [5, 5.41) is 14.4. The van der Waals surface area contributed by atoms with E-state index in [1.165, 1.54) is 18.7 Å². The van der Waals surface area contributed by atoms with Gasteiger partial charge in [0.05, 0.1) is 25.5 Å². The van der Waals surface area contributed by atoms with E-state index >= 15 is 0 Å². The number of quaternary nitrogens is 1. The number of aliphatic hydroxyl groups is 1. The molecule has 5 heterocycles. The lowest BCUT2D eigenvalue weighted by Gasteiger charge is -2.51. The molecule has 3 saturated heterocycles. The lowest BCUT2D eigenvalue weighted by molar-refractivity contribution is -0.939. The molecule has 1 unspecified atom stereocenters. The number of halogens is 1. The van der Waals surface area contributed by atoms with Crippen LogP contribution in [0.2, 0.25) is 0 Å². The number of rotatable bonds is 7. The number of carbonyl (C=O) groups excluding carboxylic acids is 2. The normalized spacial score (nSPS) is 28.0. The summed E-state index contributed by atoms with van der Waals surface area (Å²) in [4.78, 5) is 34.2. The number of carbonyl (C=O) groups is 2. The van der Waals surface area contributed by atoms with Crippen LogP contribution < -0.4 is 22.3 Å². The molecule has 0 aromatic carbocycles. The standard InChI is InChI=1S/C24H30N4O5.BrH/c29-22(27-21-14-25-9-10-26-21)16-28-11-7-17(8-12-28)19(15-28)33-23(30)24(31,18-4-1-2-5-18)20-6-3-13-32-20;/h3,6,9-10,13-14,17-19,31H,1-2,4-5,7-8,11-12,15-16H2;1H/t17?,19?,24-,28?;/m1./s1. The molecule has 10 heteroatoms. The first-order valence-corrected chi connectivity index (χ1v) is 11.9. The Morgan fingerprint density at radius 1 is 1.21 bits per heavy atom. The fourth-order valence-corrected chi connectivity index (χ4v) is 5.96. The maximum atomic E-state index is 13.4. The summed E-state index contributed by atoms with van der Waals surface area (Å²) >= 11 is 0. The highest BCUT2D eigenvalue weighted by Gasteiger charge is 2.54. The molecule has 6 rings (SSSR count). The predicted octanol–water partition coefficient (Wildman–Crippen LogP) is -0.758. The fraction of sp³-hybridized carbons (Fsp3) is 0.583. The Morgan fingerprint density at radius 2 is 1.97 bits per heavy atom. The van der Waals surface area contributed by atoms with Gasteiger partial charge in [-0.15, -0.1) is 0 Å². The number of anilines is 1. The van der Waals surface area contributed by atoms with E-state index in [0.29, 0.717) is 23.4 Å². The van der Waals surface area contributed by atoms with Gasteiger partial charge in [-0.25, -0.2) is 9.78 Å². The maximum Gasteiger partial charge on any atom is 0.346 e. The number of piperidine rings is 3. The second-order valence-corrected chi connectivity index (χ2v) is 9.77. The van der Waals surface area contributed by atoms with Gasteiger partial charge in [-0.3, -0.25) is 9.78 Å². The molecule has 9 nitrogen and oxygen atoms in total. The Labute approximate surface area is 209 Å². The molecule has 1 saturated carbocycles. The predicted molar refractivity (Wildman–Crippen MR) is 118 cm³/mol. The highest BCUT2D eigenvalue weighted by Crippen LogP contribution is 2.43. The molecular formula is C24H31BrN4O5. The summed E-state index contributed by atoms with van der Waals surface area (Å²) in [5.41, 5.74) is -1.76. The average molecular weight is 535 g/mol. The van der Waals surface area contributed by atoms with E-state index in [0.717, 1.165) is 51.6 Å². The second-order valence-electron chi connectivity index (χ2n) is 9.77. The molecule has 4 fully saturated rings. The zero-order chi connectivity index (χ0) is 22.9. The Morgan fingerprint density at radius 3 is 2.62 bits per heavy atom. The first-order valence-electron chi connectivity index (χ1n) is 11.9. The quantitative estimate of drug-likeness (QED) is 0.354. The van der Waals surface area contributed by atoms with Crippen molar-refractivity contribution in [1.29, 1.82) is 0 Å². The molecule has 2 aromatic heterocycles. The van der Waals surface area contributed by atoms with Crippen molar-refractivity contribution in [1.82, 2.24) is 9.97 Å². The van der Waals surface area contributed by atoms with E-state index in [-0.39, 0.29) is 46.6 Å². The third kappa shape index (κ3) is 4.76. The minimum absolute atomic E-state index is 0. The second kappa shape index (κ2) is 10.1. The van der Waals surface area contributed by atoms with E-state index in [1.807, 2.05) is 0 Å². The van der Waals surface area contributed by atoms with E-state index in [1.54, 1.807) is 18.3 Å². The Balaban J connectivity index is 0.00000274. The van der Waals surface area contributed by atoms with Crippen molar-refractivity contribution >= 4 is 17.7 Å². The fourth-order valence-electron chi connectivity index (χ4n) is 5.96. The van der Waals surface area contributed by atoms with Crippen LogP contribution in [0, 0.1) is 11.8 Å². The summed E-state index contributed by atoms with van der Waals surface area (Å²) in [6, 6.07) is 3.34. The molecule has 2 aromatic rings. The molecule has 34 heavy (non-hydrogen) atoms. The summed E-state index contributed by atoms with van der Waals surface area (Å²) < 4.78 is 12.1. The molecular weight excluding hydrogens is 504 g/mol. The van der Waals surface area contributed by atoms with Crippen LogP contribution in [0.3, 0.4) is 0 Å². The van der Waals surface area contributed by atoms with Crippen molar-refractivity contribution in [2.24, 2.45) is 11.8 Å². The summed E-state index contributed by atoms with van der Waals surface area (Å²) in [7, 11) is 0. The Hall–Kier alpha value is -2.30.